The van der Waals surface area contributed by atoms with Crippen molar-refractivity contribution in [3.63, 3.8) is 0 Å². The Bertz CT molecular complexity index is 795. The first-order chi connectivity index (χ1) is 12.0. The SMILES string of the molecule is Cc1ccccc1NC(=O)COC(=O)CNC(=O)c1cc(Cl)ccn1. The van der Waals surface area contributed by atoms with Gasteiger partial charge in [-0.1, -0.05) is 29.8 Å². The molecular formula is C17H16ClN3O4. The summed E-state index contributed by atoms with van der Waals surface area (Å²) >= 11 is 5.76. The molecule has 0 fully saturated rings. The molecule has 1 heterocycles. The molecular weight excluding hydrogens is 346 g/mol. The second-order valence-electron chi connectivity index (χ2n) is 5.07. The van der Waals surface area contributed by atoms with Gasteiger partial charge in [-0.3, -0.25) is 19.4 Å². The highest BCUT2D eigenvalue weighted by Crippen LogP contribution is 2.12. The first kappa shape index (κ1) is 18.4. The van der Waals surface area contributed by atoms with Crippen LogP contribution < -0.4 is 10.6 Å². The summed E-state index contributed by atoms with van der Waals surface area (Å²) in [5.74, 6) is -1.77. The Balaban J connectivity index is 1.74. The van der Waals surface area contributed by atoms with Gasteiger partial charge in [0.25, 0.3) is 11.8 Å². The summed E-state index contributed by atoms with van der Waals surface area (Å²) in [6.07, 6.45) is 1.38. The van der Waals surface area contributed by atoms with Crippen LogP contribution >= 0.6 is 11.6 Å². The van der Waals surface area contributed by atoms with Crippen LogP contribution in [0.5, 0.6) is 0 Å². The molecule has 2 amide bonds. The second-order valence-corrected chi connectivity index (χ2v) is 5.50. The van der Waals surface area contributed by atoms with E-state index in [2.05, 4.69) is 15.6 Å². The lowest BCUT2D eigenvalue weighted by Crippen LogP contribution is -2.32. The summed E-state index contributed by atoms with van der Waals surface area (Å²) in [6.45, 7) is 1.02. The molecule has 0 spiro atoms. The predicted molar refractivity (Wildman–Crippen MR) is 92.3 cm³/mol. The number of anilines is 1. The molecule has 0 aliphatic heterocycles. The first-order valence-electron chi connectivity index (χ1n) is 7.36. The predicted octanol–water partition coefficient (Wildman–Crippen LogP) is 1.96. The van der Waals surface area contributed by atoms with Crippen LogP contribution in [0.3, 0.4) is 0 Å². The number of pyridine rings is 1. The van der Waals surface area contributed by atoms with Crippen molar-refractivity contribution >= 4 is 35.1 Å². The number of nitrogens with one attached hydrogen (secondary N) is 2. The number of rotatable bonds is 6. The van der Waals surface area contributed by atoms with Crippen molar-refractivity contribution in [2.75, 3.05) is 18.5 Å². The van der Waals surface area contributed by atoms with E-state index in [1.165, 1.54) is 18.3 Å². The number of para-hydroxylation sites is 1. The van der Waals surface area contributed by atoms with Crippen molar-refractivity contribution in [3.8, 4) is 0 Å². The minimum Gasteiger partial charge on any atom is -0.454 e. The summed E-state index contributed by atoms with van der Waals surface area (Å²) in [5, 5.41) is 5.33. The van der Waals surface area contributed by atoms with E-state index >= 15 is 0 Å². The highest BCUT2D eigenvalue weighted by molar-refractivity contribution is 6.30. The van der Waals surface area contributed by atoms with Gasteiger partial charge in [0.15, 0.2) is 6.61 Å². The number of carbonyl (C=O) groups is 3. The lowest BCUT2D eigenvalue weighted by Gasteiger charge is -2.09. The van der Waals surface area contributed by atoms with Crippen molar-refractivity contribution < 1.29 is 19.1 Å². The Morgan fingerprint density at radius 2 is 1.96 bits per heavy atom. The lowest BCUT2D eigenvalue weighted by atomic mass is 10.2. The smallest absolute Gasteiger partial charge is 0.325 e. The van der Waals surface area contributed by atoms with Gasteiger partial charge in [0.2, 0.25) is 0 Å². The molecule has 7 nitrogen and oxygen atoms in total. The molecule has 0 aliphatic carbocycles. The molecule has 0 unspecified atom stereocenters. The minimum absolute atomic E-state index is 0.0811. The maximum absolute atomic E-state index is 11.8. The van der Waals surface area contributed by atoms with Gasteiger partial charge in [0.1, 0.15) is 12.2 Å². The monoisotopic (exact) mass is 361 g/mol. The average Bonchev–Trinajstić information content (AvgIpc) is 2.60. The van der Waals surface area contributed by atoms with E-state index in [1.54, 1.807) is 12.1 Å². The maximum atomic E-state index is 11.8. The van der Waals surface area contributed by atoms with Crippen LogP contribution in [0, 0.1) is 6.92 Å². The summed E-state index contributed by atoms with van der Waals surface area (Å²) in [6, 6.07) is 10.1. The van der Waals surface area contributed by atoms with E-state index < -0.39 is 24.4 Å². The first-order valence-corrected chi connectivity index (χ1v) is 7.74. The van der Waals surface area contributed by atoms with Crippen molar-refractivity contribution in [1.29, 1.82) is 0 Å². The van der Waals surface area contributed by atoms with Gasteiger partial charge in [-0.2, -0.15) is 0 Å². The van der Waals surface area contributed by atoms with Gasteiger partial charge in [-0.05, 0) is 30.7 Å². The molecule has 1 aromatic heterocycles. The molecule has 0 radical (unpaired) electrons. The van der Waals surface area contributed by atoms with Crippen LogP contribution in [0.4, 0.5) is 5.69 Å². The normalized spacial score (nSPS) is 10.0. The number of halogens is 1. The van der Waals surface area contributed by atoms with E-state index in [0.29, 0.717) is 10.7 Å². The van der Waals surface area contributed by atoms with Crippen LogP contribution in [0.15, 0.2) is 42.6 Å². The standard InChI is InChI=1S/C17H16ClN3O4/c1-11-4-2-3-5-13(11)21-15(22)10-25-16(23)9-20-17(24)14-8-12(18)6-7-19-14/h2-8H,9-10H2,1H3,(H,20,24)(H,21,22). The molecule has 8 heteroatoms. The number of amides is 2. The number of ether oxygens (including phenoxy) is 1. The fraction of sp³-hybridized carbons (Fsp3) is 0.176. The van der Waals surface area contributed by atoms with Crippen LogP contribution in [0.25, 0.3) is 0 Å². The molecule has 0 bridgehead atoms. The Kier molecular flexibility index (Phi) is 6.47. The van der Waals surface area contributed by atoms with Crippen molar-refractivity contribution in [1.82, 2.24) is 10.3 Å². The number of aryl methyl sites for hydroxylation is 1. The summed E-state index contributed by atoms with van der Waals surface area (Å²) in [4.78, 5) is 39.0. The topological polar surface area (TPSA) is 97.4 Å². The van der Waals surface area contributed by atoms with Crippen LogP contribution in [-0.2, 0) is 14.3 Å². The quantitative estimate of drug-likeness (QED) is 0.766. The van der Waals surface area contributed by atoms with E-state index in [-0.39, 0.29) is 12.2 Å². The number of hydrogen-bond acceptors (Lipinski definition) is 5. The van der Waals surface area contributed by atoms with Crippen LogP contribution in [0.1, 0.15) is 16.1 Å². The van der Waals surface area contributed by atoms with E-state index in [4.69, 9.17) is 16.3 Å². The fourth-order valence-electron chi connectivity index (χ4n) is 1.87. The van der Waals surface area contributed by atoms with Gasteiger partial charge in [0.05, 0.1) is 0 Å². The Morgan fingerprint density at radius 3 is 2.68 bits per heavy atom. The van der Waals surface area contributed by atoms with Crippen LogP contribution in [0.2, 0.25) is 5.02 Å². The largest absolute Gasteiger partial charge is 0.454 e. The van der Waals surface area contributed by atoms with Crippen molar-refractivity contribution in [2.24, 2.45) is 0 Å². The molecule has 0 saturated heterocycles. The number of aromatic nitrogens is 1. The number of nitrogens with zero attached hydrogens (tertiary/aromatic N) is 1. The molecule has 2 aromatic rings. The minimum atomic E-state index is -0.740. The van der Waals surface area contributed by atoms with E-state index in [1.807, 2.05) is 19.1 Å². The van der Waals surface area contributed by atoms with Gasteiger partial charge in [0, 0.05) is 16.9 Å². The Hall–Kier alpha value is -2.93. The summed E-state index contributed by atoms with van der Waals surface area (Å²) in [5.41, 5.74) is 1.62. The molecule has 2 rings (SSSR count). The summed E-state index contributed by atoms with van der Waals surface area (Å²) < 4.78 is 4.81. The second kappa shape index (κ2) is 8.79. The molecule has 130 valence electrons. The van der Waals surface area contributed by atoms with Crippen molar-refractivity contribution in [2.45, 2.75) is 6.92 Å². The molecule has 0 aliphatic rings. The maximum Gasteiger partial charge on any atom is 0.325 e. The third kappa shape index (κ3) is 5.89. The van der Waals surface area contributed by atoms with Gasteiger partial charge in [-0.15, -0.1) is 0 Å². The number of benzene rings is 1. The van der Waals surface area contributed by atoms with Crippen molar-refractivity contribution in [3.05, 3.63) is 58.9 Å². The number of carbonyl (C=O) groups excluding carboxylic acids is 3. The fourth-order valence-corrected chi connectivity index (χ4v) is 2.03. The van der Waals surface area contributed by atoms with E-state index in [9.17, 15) is 14.4 Å². The zero-order chi connectivity index (χ0) is 18.2. The van der Waals surface area contributed by atoms with Gasteiger partial charge < -0.3 is 15.4 Å². The third-order valence-electron chi connectivity index (χ3n) is 3.13. The third-order valence-corrected chi connectivity index (χ3v) is 3.37. The number of hydrogen-bond donors (Lipinski definition) is 2. The molecule has 0 saturated carbocycles. The van der Waals surface area contributed by atoms with Gasteiger partial charge >= 0.3 is 5.97 Å². The van der Waals surface area contributed by atoms with Gasteiger partial charge in [-0.25, -0.2) is 0 Å². The zero-order valence-corrected chi connectivity index (χ0v) is 14.2. The Labute approximate surface area is 149 Å². The molecule has 2 N–H and O–H groups in total. The zero-order valence-electron chi connectivity index (χ0n) is 13.4. The number of esters is 1. The molecule has 0 atom stereocenters. The molecule has 1 aromatic carbocycles. The Morgan fingerprint density at radius 1 is 1.20 bits per heavy atom. The lowest BCUT2D eigenvalue weighted by molar-refractivity contribution is -0.146. The molecule has 25 heavy (non-hydrogen) atoms. The average molecular weight is 362 g/mol. The van der Waals surface area contributed by atoms with E-state index in [0.717, 1.165) is 5.56 Å². The van der Waals surface area contributed by atoms with Crippen LogP contribution in [-0.4, -0.2) is 35.9 Å². The highest BCUT2D eigenvalue weighted by atomic mass is 35.5. The summed E-state index contributed by atoms with van der Waals surface area (Å²) in [7, 11) is 0. The highest BCUT2D eigenvalue weighted by Gasteiger charge is 2.12.